The van der Waals surface area contributed by atoms with E-state index in [9.17, 15) is 14.4 Å². The van der Waals surface area contributed by atoms with E-state index < -0.39 is 11.9 Å². The molecule has 3 rings (SSSR count). The van der Waals surface area contributed by atoms with Crippen molar-refractivity contribution in [2.45, 2.75) is 25.4 Å². The predicted octanol–water partition coefficient (Wildman–Crippen LogP) is -0.167. The topological polar surface area (TPSA) is 107 Å². The Hall–Kier alpha value is -2.54. The molecule has 1 unspecified atom stereocenters. The van der Waals surface area contributed by atoms with Crippen LogP contribution in [0.2, 0.25) is 0 Å². The van der Waals surface area contributed by atoms with Crippen molar-refractivity contribution in [3.8, 4) is 0 Å². The highest BCUT2D eigenvalue weighted by molar-refractivity contribution is 5.99. The zero-order chi connectivity index (χ0) is 15.0. The number of nitrogens with zero attached hydrogens (tertiary/aromatic N) is 2. The van der Waals surface area contributed by atoms with Crippen molar-refractivity contribution in [3.63, 3.8) is 0 Å². The minimum absolute atomic E-state index is 0.215. The number of amides is 2. The molecule has 0 bridgehead atoms. The fourth-order valence-electron chi connectivity index (χ4n) is 2.48. The van der Waals surface area contributed by atoms with Gasteiger partial charge < -0.3 is 5.73 Å². The van der Waals surface area contributed by atoms with Gasteiger partial charge in [0.15, 0.2) is 0 Å². The SMILES string of the molecule is NCc1ccc2c(=O)n(C3CCC(=O)NC3=O)cnc2c1. The number of benzene rings is 1. The summed E-state index contributed by atoms with van der Waals surface area (Å²) >= 11 is 0. The van der Waals surface area contributed by atoms with E-state index in [-0.39, 0.29) is 17.9 Å². The number of carbonyl (C=O) groups is 2. The molecule has 1 saturated heterocycles. The molecule has 7 heteroatoms. The molecule has 1 fully saturated rings. The van der Waals surface area contributed by atoms with E-state index in [1.165, 1.54) is 10.9 Å². The molecule has 2 heterocycles. The Morgan fingerprint density at radius 1 is 1.33 bits per heavy atom. The van der Waals surface area contributed by atoms with Gasteiger partial charge in [-0.25, -0.2) is 4.98 Å². The van der Waals surface area contributed by atoms with Gasteiger partial charge in [0.2, 0.25) is 11.8 Å². The number of nitrogens with two attached hydrogens (primary N) is 1. The van der Waals surface area contributed by atoms with Crippen LogP contribution < -0.4 is 16.6 Å². The van der Waals surface area contributed by atoms with Crippen molar-refractivity contribution in [2.24, 2.45) is 5.73 Å². The quantitative estimate of drug-likeness (QED) is 0.745. The zero-order valence-electron chi connectivity index (χ0n) is 11.2. The van der Waals surface area contributed by atoms with Crippen LogP contribution in [0.15, 0.2) is 29.3 Å². The number of rotatable bonds is 2. The van der Waals surface area contributed by atoms with Crippen molar-refractivity contribution in [3.05, 3.63) is 40.4 Å². The maximum absolute atomic E-state index is 12.5. The smallest absolute Gasteiger partial charge is 0.261 e. The first-order valence-electron chi connectivity index (χ1n) is 6.63. The maximum atomic E-state index is 12.5. The van der Waals surface area contributed by atoms with Gasteiger partial charge in [-0.2, -0.15) is 0 Å². The van der Waals surface area contributed by atoms with E-state index in [1.807, 2.05) is 0 Å². The monoisotopic (exact) mass is 286 g/mol. The van der Waals surface area contributed by atoms with Crippen molar-refractivity contribution in [2.75, 3.05) is 0 Å². The minimum atomic E-state index is -0.693. The fraction of sp³-hybridized carbons (Fsp3) is 0.286. The molecule has 1 aliphatic rings. The molecule has 0 aliphatic carbocycles. The molecule has 0 spiro atoms. The number of hydrogen-bond donors (Lipinski definition) is 2. The molecule has 2 aromatic rings. The highest BCUT2D eigenvalue weighted by Crippen LogP contribution is 2.18. The first-order valence-corrected chi connectivity index (χ1v) is 6.63. The average Bonchev–Trinajstić information content (AvgIpc) is 2.48. The third-order valence-electron chi connectivity index (χ3n) is 3.63. The summed E-state index contributed by atoms with van der Waals surface area (Å²) in [5.74, 6) is -0.779. The highest BCUT2D eigenvalue weighted by atomic mass is 16.2. The molecule has 1 aromatic carbocycles. The standard InChI is InChI=1S/C14H14N4O3/c15-6-8-1-2-9-10(5-8)16-7-18(14(9)21)11-3-4-12(19)17-13(11)20/h1-2,5,7,11H,3-4,6,15H2,(H,17,19,20). The molecule has 1 atom stereocenters. The Kier molecular flexibility index (Phi) is 3.26. The van der Waals surface area contributed by atoms with Crippen molar-refractivity contribution in [1.82, 2.24) is 14.9 Å². The number of imide groups is 1. The second-order valence-electron chi connectivity index (χ2n) is 4.98. The minimum Gasteiger partial charge on any atom is -0.326 e. The number of hydrogen-bond acceptors (Lipinski definition) is 5. The van der Waals surface area contributed by atoms with Crippen LogP contribution in [0.25, 0.3) is 10.9 Å². The van der Waals surface area contributed by atoms with Crippen LogP contribution in [-0.4, -0.2) is 21.4 Å². The highest BCUT2D eigenvalue weighted by Gasteiger charge is 2.29. The van der Waals surface area contributed by atoms with Crippen LogP contribution in [0.4, 0.5) is 0 Å². The molecule has 1 aliphatic heterocycles. The molecular weight excluding hydrogens is 272 g/mol. The van der Waals surface area contributed by atoms with Crippen LogP contribution in [-0.2, 0) is 16.1 Å². The van der Waals surface area contributed by atoms with Crippen molar-refractivity contribution >= 4 is 22.7 Å². The van der Waals surface area contributed by atoms with Crippen LogP contribution in [0.5, 0.6) is 0 Å². The number of fused-ring (bicyclic) bond motifs is 1. The first-order chi connectivity index (χ1) is 10.1. The molecule has 7 nitrogen and oxygen atoms in total. The molecule has 108 valence electrons. The molecule has 0 radical (unpaired) electrons. The Labute approximate surface area is 119 Å². The first kappa shape index (κ1) is 13.4. The number of carbonyl (C=O) groups excluding carboxylic acids is 2. The van der Waals surface area contributed by atoms with Gasteiger partial charge in [0.05, 0.1) is 17.2 Å². The third-order valence-corrected chi connectivity index (χ3v) is 3.63. The lowest BCUT2D eigenvalue weighted by Gasteiger charge is -2.22. The summed E-state index contributed by atoms with van der Waals surface area (Å²) in [6, 6.07) is 4.49. The van der Waals surface area contributed by atoms with Gasteiger partial charge >= 0.3 is 0 Å². The van der Waals surface area contributed by atoms with E-state index >= 15 is 0 Å². The summed E-state index contributed by atoms with van der Waals surface area (Å²) in [6.07, 6.45) is 1.87. The Bertz CT molecular complexity index is 796. The largest absolute Gasteiger partial charge is 0.326 e. The molecule has 0 saturated carbocycles. The molecule has 2 amide bonds. The maximum Gasteiger partial charge on any atom is 0.261 e. The van der Waals surface area contributed by atoms with E-state index in [4.69, 9.17) is 5.73 Å². The summed E-state index contributed by atoms with van der Waals surface area (Å²) < 4.78 is 1.28. The van der Waals surface area contributed by atoms with Gasteiger partial charge in [-0.3, -0.25) is 24.3 Å². The Balaban J connectivity index is 2.08. The zero-order valence-corrected chi connectivity index (χ0v) is 11.2. The summed E-state index contributed by atoms with van der Waals surface area (Å²) in [5, 5.41) is 2.67. The lowest BCUT2D eigenvalue weighted by atomic mass is 10.1. The summed E-state index contributed by atoms with van der Waals surface area (Å²) in [4.78, 5) is 39.7. The summed E-state index contributed by atoms with van der Waals surface area (Å²) in [5.41, 5.74) is 6.70. The third kappa shape index (κ3) is 2.31. The number of nitrogens with one attached hydrogen (secondary N) is 1. The molecule has 3 N–H and O–H groups in total. The van der Waals surface area contributed by atoms with Gasteiger partial charge in [0.1, 0.15) is 6.04 Å². The normalized spacial score (nSPS) is 18.8. The van der Waals surface area contributed by atoms with Crippen LogP contribution >= 0.6 is 0 Å². The van der Waals surface area contributed by atoms with Gasteiger partial charge in [0, 0.05) is 13.0 Å². The fourth-order valence-corrected chi connectivity index (χ4v) is 2.48. The second-order valence-corrected chi connectivity index (χ2v) is 4.98. The van der Waals surface area contributed by atoms with Gasteiger partial charge in [-0.05, 0) is 24.1 Å². The van der Waals surface area contributed by atoms with E-state index in [1.54, 1.807) is 18.2 Å². The molecule has 1 aromatic heterocycles. The van der Waals surface area contributed by atoms with Gasteiger partial charge in [0.25, 0.3) is 5.56 Å². The molecular formula is C14H14N4O3. The molecule has 21 heavy (non-hydrogen) atoms. The summed E-state index contributed by atoms with van der Waals surface area (Å²) in [6.45, 7) is 0.369. The second kappa shape index (κ2) is 5.10. The Morgan fingerprint density at radius 2 is 2.14 bits per heavy atom. The number of aromatic nitrogens is 2. The Morgan fingerprint density at radius 3 is 2.86 bits per heavy atom. The van der Waals surface area contributed by atoms with Crippen molar-refractivity contribution in [1.29, 1.82) is 0 Å². The predicted molar refractivity (Wildman–Crippen MR) is 75.3 cm³/mol. The lowest BCUT2D eigenvalue weighted by molar-refractivity contribution is -0.135. The average molecular weight is 286 g/mol. The van der Waals surface area contributed by atoms with Gasteiger partial charge in [-0.1, -0.05) is 6.07 Å². The van der Waals surface area contributed by atoms with Crippen molar-refractivity contribution < 1.29 is 9.59 Å². The van der Waals surface area contributed by atoms with Crippen LogP contribution in [0.1, 0.15) is 24.4 Å². The van der Waals surface area contributed by atoms with Gasteiger partial charge in [-0.15, -0.1) is 0 Å². The number of piperidine rings is 1. The van der Waals surface area contributed by atoms with E-state index in [2.05, 4.69) is 10.3 Å². The lowest BCUT2D eigenvalue weighted by Crippen LogP contribution is -2.44. The van der Waals surface area contributed by atoms with Crippen LogP contribution in [0.3, 0.4) is 0 Å². The van der Waals surface area contributed by atoms with E-state index in [0.717, 1.165) is 5.56 Å². The van der Waals surface area contributed by atoms with Crippen LogP contribution in [0, 0.1) is 0 Å². The van der Waals surface area contributed by atoms with E-state index in [0.29, 0.717) is 23.9 Å². The summed E-state index contributed by atoms with van der Waals surface area (Å²) in [7, 11) is 0.